The molecule has 0 unspecified atom stereocenters. The Labute approximate surface area is 122 Å². The highest BCUT2D eigenvalue weighted by atomic mass is 16.4. The van der Waals surface area contributed by atoms with E-state index >= 15 is 0 Å². The molecule has 0 fully saturated rings. The fraction of sp³-hybridized carbons (Fsp3) is 0.125. The molecule has 1 heterocycles. The number of nitrogens with one attached hydrogen (secondary N) is 1. The summed E-state index contributed by atoms with van der Waals surface area (Å²) in [7, 11) is 1.92. The third kappa shape index (κ3) is 2.72. The fourth-order valence-corrected chi connectivity index (χ4v) is 2.20. The van der Waals surface area contributed by atoms with E-state index in [1.807, 2.05) is 60.5 Å². The van der Waals surface area contributed by atoms with E-state index < -0.39 is 0 Å². The lowest BCUT2D eigenvalue weighted by Crippen LogP contribution is -2.17. The molecular weight excluding hydrogens is 264 g/mol. The first-order chi connectivity index (χ1) is 10.1. The van der Waals surface area contributed by atoms with Crippen LogP contribution in [-0.2, 0) is 6.54 Å². The lowest BCUT2D eigenvalue weighted by atomic mass is 10.1. The molecule has 0 bridgehead atoms. The summed E-state index contributed by atoms with van der Waals surface area (Å²) in [6, 6.07) is 15.9. The average molecular weight is 280 g/mol. The zero-order valence-electron chi connectivity index (χ0n) is 11.7. The zero-order valence-corrected chi connectivity index (χ0v) is 11.7. The molecule has 0 atom stereocenters. The summed E-state index contributed by atoms with van der Waals surface area (Å²) >= 11 is 0. The quantitative estimate of drug-likeness (QED) is 0.569. The Morgan fingerprint density at radius 2 is 2.05 bits per heavy atom. The molecule has 21 heavy (non-hydrogen) atoms. The van der Waals surface area contributed by atoms with E-state index in [9.17, 15) is 0 Å². The third-order valence-electron chi connectivity index (χ3n) is 3.27. The van der Waals surface area contributed by atoms with Crippen LogP contribution in [0.3, 0.4) is 0 Å². The summed E-state index contributed by atoms with van der Waals surface area (Å²) < 4.78 is 5.73. The number of nitrogen functional groups attached to an aromatic ring is 1. The largest absolute Gasteiger partial charge is 0.423 e. The van der Waals surface area contributed by atoms with Gasteiger partial charge in [0.2, 0.25) is 0 Å². The maximum absolute atomic E-state index is 7.49. The highest BCUT2D eigenvalue weighted by Crippen LogP contribution is 2.22. The van der Waals surface area contributed by atoms with Crippen molar-refractivity contribution in [3.8, 4) is 0 Å². The minimum Gasteiger partial charge on any atom is -0.423 e. The van der Waals surface area contributed by atoms with Crippen molar-refractivity contribution in [3.63, 3.8) is 0 Å². The number of amidine groups is 1. The standard InChI is InChI=1S/C16H16N4O/c1-20(10-11-5-4-6-12(9-11)15(17)18)16-19-13-7-2-3-8-14(13)21-16/h2-9H,10H2,1H3,(H3,17,18). The van der Waals surface area contributed by atoms with Crippen LogP contribution in [0, 0.1) is 5.41 Å². The highest BCUT2D eigenvalue weighted by Gasteiger charge is 2.10. The molecule has 106 valence electrons. The smallest absolute Gasteiger partial charge is 0.298 e. The molecule has 0 aliphatic carbocycles. The third-order valence-corrected chi connectivity index (χ3v) is 3.27. The van der Waals surface area contributed by atoms with Gasteiger partial charge in [-0.05, 0) is 23.8 Å². The molecule has 3 aromatic rings. The van der Waals surface area contributed by atoms with Gasteiger partial charge in [-0.3, -0.25) is 5.41 Å². The number of nitrogens with two attached hydrogens (primary N) is 1. The molecule has 0 saturated heterocycles. The molecule has 1 aromatic heterocycles. The van der Waals surface area contributed by atoms with Crippen LogP contribution in [-0.4, -0.2) is 17.9 Å². The Kier molecular flexibility index (Phi) is 3.31. The molecule has 3 rings (SSSR count). The van der Waals surface area contributed by atoms with Gasteiger partial charge in [-0.25, -0.2) is 0 Å². The summed E-state index contributed by atoms with van der Waals surface area (Å²) in [4.78, 5) is 6.39. The van der Waals surface area contributed by atoms with E-state index in [2.05, 4.69) is 4.98 Å². The lowest BCUT2D eigenvalue weighted by molar-refractivity contribution is 0.582. The predicted octanol–water partition coefficient (Wildman–Crippen LogP) is 2.75. The van der Waals surface area contributed by atoms with Crippen molar-refractivity contribution in [2.75, 3.05) is 11.9 Å². The Morgan fingerprint density at radius 3 is 2.81 bits per heavy atom. The van der Waals surface area contributed by atoms with Gasteiger partial charge in [0, 0.05) is 19.2 Å². The molecule has 0 aliphatic heterocycles. The van der Waals surface area contributed by atoms with Crippen LogP contribution in [0.15, 0.2) is 52.9 Å². The molecule has 0 aliphatic rings. The summed E-state index contributed by atoms with van der Waals surface area (Å²) in [5.74, 6) is 0.0707. The van der Waals surface area contributed by atoms with Gasteiger partial charge in [0.05, 0.1) is 0 Å². The van der Waals surface area contributed by atoms with Crippen molar-refractivity contribution in [2.45, 2.75) is 6.54 Å². The molecule has 0 spiro atoms. The second-order valence-electron chi connectivity index (χ2n) is 4.93. The predicted molar refractivity (Wildman–Crippen MR) is 83.6 cm³/mol. The van der Waals surface area contributed by atoms with E-state index in [1.54, 1.807) is 0 Å². The minimum atomic E-state index is 0.0707. The number of fused-ring (bicyclic) bond motifs is 1. The number of benzene rings is 2. The van der Waals surface area contributed by atoms with Gasteiger partial charge in [-0.1, -0.05) is 30.3 Å². The molecule has 3 N–H and O–H groups in total. The molecule has 2 aromatic carbocycles. The monoisotopic (exact) mass is 280 g/mol. The Hall–Kier alpha value is -2.82. The SMILES string of the molecule is CN(Cc1cccc(C(=N)N)c1)c1nc2ccccc2o1. The van der Waals surface area contributed by atoms with Crippen LogP contribution in [0.5, 0.6) is 0 Å². The normalized spacial score (nSPS) is 10.7. The van der Waals surface area contributed by atoms with Gasteiger partial charge in [0.1, 0.15) is 11.4 Å². The molecule has 5 nitrogen and oxygen atoms in total. The van der Waals surface area contributed by atoms with Crippen LogP contribution in [0.4, 0.5) is 6.01 Å². The molecule has 0 radical (unpaired) electrons. The van der Waals surface area contributed by atoms with E-state index in [-0.39, 0.29) is 5.84 Å². The van der Waals surface area contributed by atoms with E-state index in [4.69, 9.17) is 15.6 Å². The zero-order chi connectivity index (χ0) is 14.8. The van der Waals surface area contributed by atoms with Gasteiger partial charge in [-0.15, -0.1) is 0 Å². The van der Waals surface area contributed by atoms with Crippen molar-refractivity contribution in [1.82, 2.24) is 4.98 Å². The van der Waals surface area contributed by atoms with Crippen molar-refractivity contribution >= 4 is 22.9 Å². The number of oxazole rings is 1. The number of aromatic nitrogens is 1. The maximum atomic E-state index is 7.49. The first kappa shape index (κ1) is 13.2. The fourth-order valence-electron chi connectivity index (χ4n) is 2.20. The van der Waals surface area contributed by atoms with Crippen LogP contribution in [0.2, 0.25) is 0 Å². The van der Waals surface area contributed by atoms with Gasteiger partial charge >= 0.3 is 0 Å². The van der Waals surface area contributed by atoms with Crippen LogP contribution in [0.25, 0.3) is 11.1 Å². The summed E-state index contributed by atoms with van der Waals surface area (Å²) in [5, 5.41) is 7.49. The molecule has 0 amide bonds. The van der Waals surface area contributed by atoms with Gasteiger partial charge in [0.25, 0.3) is 6.01 Å². The second kappa shape index (κ2) is 5.28. The molecule has 5 heteroatoms. The van der Waals surface area contributed by atoms with Crippen LogP contribution >= 0.6 is 0 Å². The van der Waals surface area contributed by atoms with E-state index in [0.29, 0.717) is 12.6 Å². The summed E-state index contributed by atoms with van der Waals surface area (Å²) in [5.41, 5.74) is 8.90. The van der Waals surface area contributed by atoms with Gasteiger partial charge in [0.15, 0.2) is 5.58 Å². The summed E-state index contributed by atoms with van der Waals surface area (Å²) in [6.45, 7) is 0.633. The Balaban J connectivity index is 1.84. The Morgan fingerprint density at radius 1 is 1.24 bits per heavy atom. The van der Waals surface area contributed by atoms with Crippen molar-refractivity contribution in [1.29, 1.82) is 5.41 Å². The second-order valence-corrected chi connectivity index (χ2v) is 4.93. The Bertz CT molecular complexity index is 761. The molecule has 0 saturated carbocycles. The number of hydrogen-bond donors (Lipinski definition) is 2. The first-order valence-corrected chi connectivity index (χ1v) is 6.63. The average Bonchev–Trinajstić information content (AvgIpc) is 2.91. The van der Waals surface area contributed by atoms with Crippen molar-refractivity contribution < 1.29 is 4.42 Å². The van der Waals surface area contributed by atoms with E-state index in [0.717, 1.165) is 22.2 Å². The number of nitrogens with zero attached hydrogens (tertiary/aromatic N) is 2. The van der Waals surface area contributed by atoms with Gasteiger partial charge < -0.3 is 15.1 Å². The minimum absolute atomic E-state index is 0.0707. The van der Waals surface area contributed by atoms with Crippen molar-refractivity contribution in [2.24, 2.45) is 5.73 Å². The van der Waals surface area contributed by atoms with E-state index in [1.165, 1.54) is 0 Å². The number of rotatable bonds is 4. The van der Waals surface area contributed by atoms with Crippen LogP contribution < -0.4 is 10.6 Å². The molecular formula is C16H16N4O. The number of anilines is 1. The highest BCUT2D eigenvalue weighted by molar-refractivity contribution is 5.95. The maximum Gasteiger partial charge on any atom is 0.298 e. The lowest BCUT2D eigenvalue weighted by Gasteiger charge is -2.14. The first-order valence-electron chi connectivity index (χ1n) is 6.63. The van der Waals surface area contributed by atoms with Crippen LogP contribution in [0.1, 0.15) is 11.1 Å². The summed E-state index contributed by atoms with van der Waals surface area (Å²) in [6.07, 6.45) is 0. The van der Waals surface area contributed by atoms with Gasteiger partial charge in [-0.2, -0.15) is 4.98 Å². The number of para-hydroxylation sites is 2. The topological polar surface area (TPSA) is 79.1 Å². The number of hydrogen-bond acceptors (Lipinski definition) is 4. The van der Waals surface area contributed by atoms with Crippen molar-refractivity contribution in [3.05, 3.63) is 59.7 Å².